The zero-order valence-corrected chi connectivity index (χ0v) is 13.9. The fraction of sp³-hybridized carbons (Fsp3) is 0.235. The number of anilines is 1. The van der Waals surface area contributed by atoms with Crippen LogP contribution in [0.25, 0.3) is 6.08 Å². The van der Waals surface area contributed by atoms with Crippen molar-refractivity contribution in [2.45, 2.75) is 25.6 Å². The van der Waals surface area contributed by atoms with Crippen LogP contribution in [0.5, 0.6) is 0 Å². The molecule has 0 radical (unpaired) electrons. The lowest BCUT2D eigenvalue weighted by Crippen LogP contribution is -2.44. The van der Waals surface area contributed by atoms with Gasteiger partial charge in [-0.3, -0.25) is 9.48 Å². The van der Waals surface area contributed by atoms with Gasteiger partial charge in [0.2, 0.25) is 0 Å². The normalized spacial score (nSPS) is 17.0. The summed E-state index contributed by atoms with van der Waals surface area (Å²) >= 11 is 0. The number of benzene rings is 1. The number of rotatable bonds is 4. The van der Waals surface area contributed by atoms with Crippen LogP contribution < -0.4 is 5.01 Å². The fourth-order valence-electron chi connectivity index (χ4n) is 2.45. The maximum atomic E-state index is 14.0. The Bertz CT molecular complexity index is 915. The maximum absolute atomic E-state index is 14.0. The van der Waals surface area contributed by atoms with Gasteiger partial charge in [0.25, 0.3) is 5.91 Å². The number of aromatic nitrogens is 2. The van der Waals surface area contributed by atoms with E-state index in [1.807, 2.05) is 0 Å². The van der Waals surface area contributed by atoms with E-state index in [0.717, 1.165) is 6.08 Å². The SMILES string of the molecule is CCn1cc(/C=C2/C(=O)N(c3ccccc3)N=C2C(F)(F)C(F)(F)F)cn1. The van der Waals surface area contributed by atoms with Gasteiger partial charge in [0, 0.05) is 18.3 Å². The number of para-hydroxylation sites is 1. The molecule has 1 aliphatic rings. The predicted molar refractivity (Wildman–Crippen MR) is 88.2 cm³/mol. The predicted octanol–water partition coefficient (Wildman–Crippen LogP) is 3.89. The molecule has 0 saturated heterocycles. The highest BCUT2D eigenvalue weighted by molar-refractivity contribution is 6.34. The Hall–Kier alpha value is -3.04. The van der Waals surface area contributed by atoms with E-state index in [1.165, 1.54) is 41.3 Å². The second-order valence-corrected chi connectivity index (χ2v) is 5.66. The Balaban J connectivity index is 2.12. The van der Waals surface area contributed by atoms with Gasteiger partial charge < -0.3 is 0 Å². The Morgan fingerprint density at radius 2 is 1.78 bits per heavy atom. The van der Waals surface area contributed by atoms with Crippen molar-refractivity contribution in [2.75, 3.05) is 5.01 Å². The molecule has 142 valence electrons. The number of aryl methyl sites for hydroxylation is 1. The first-order valence-corrected chi connectivity index (χ1v) is 7.82. The molecule has 0 spiro atoms. The van der Waals surface area contributed by atoms with E-state index >= 15 is 0 Å². The third-order valence-electron chi connectivity index (χ3n) is 3.82. The molecular weight excluding hydrogens is 371 g/mol. The first-order chi connectivity index (χ1) is 12.6. The van der Waals surface area contributed by atoms with Crippen LogP contribution in [0.4, 0.5) is 27.6 Å². The van der Waals surface area contributed by atoms with Crippen molar-refractivity contribution in [3.8, 4) is 0 Å². The van der Waals surface area contributed by atoms with E-state index in [0.29, 0.717) is 11.6 Å². The molecule has 0 N–H and O–H groups in total. The van der Waals surface area contributed by atoms with Crippen molar-refractivity contribution in [1.82, 2.24) is 9.78 Å². The van der Waals surface area contributed by atoms with Gasteiger partial charge in [-0.25, -0.2) is 0 Å². The maximum Gasteiger partial charge on any atom is 0.459 e. The summed E-state index contributed by atoms with van der Waals surface area (Å²) in [5.74, 6) is -6.37. The minimum Gasteiger partial charge on any atom is -0.272 e. The summed E-state index contributed by atoms with van der Waals surface area (Å²) in [5.41, 5.74) is -2.20. The highest BCUT2D eigenvalue weighted by atomic mass is 19.4. The molecule has 5 nitrogen and oxygen atoms in total. The summed E-state index contributed by atoms with van der Waals surface area (Å²) in [6, 6.07) is 7.37. The molecule has 1 aliphatic heterocycles. The van der Waals surface area contributed by atoms with E-state index in [4.69, 9.17) is 0 Å². The van der Waals surface area contributed by atoms with Crippen LogP contribution in [0, 0.1) is 0 Å². The molecular formula is C17H13F5N4O. The van der Waals surface area contributed by atoms with Crippen molar-refractivity contribution in [2.24, 2.45) is 5.10 Å². The van der Waals surface area contributed by atoms with Crippen LogP contribution in [0.3, 0.4) is 0 Å². The number of carbonyl (C=O) groups excluding carboxylic acids is 1. The molecule has 0 unspecified atom stereocenters. The highest BCUT2D eigenvalue weighted by Crippen LogP contribution is 2.41. The van der Waals surface area contributed by atoms with E-state index in [1.54, 1.807) is 13.0 Å². The number of amides is 1. The van der Waals surface area contributed by atoms with Crippen LogP contribution in [0.15, 0.2) is 53.4 Å². The van der Waals surface area contributed by atoms with Gasteiger partial charge in [0.15, 0.2) is 5.71 Å². The number of nitrogens with zero attached hydrogens (tertiary/aromatic N) is 4. The Kier molecular flexibility index (Phi) is 4.58. The summed E-state index contributed by atoms with van der Waals surface area (Å²) < 4.78 is 68.2. The van der Waals surface area contributed by atoms with Crippen molar-refractivity contribution in [1.29, 1.82) is 0 Å². The summed E-state index contributed by atoms with van der Waals surface area (Å²) in [4.78, 5) is 12.6. The van der Waals surface area contributed by atoms with Crippen molar-refractivity contribution >= 4 is 23.4 Å². The molecule has 2 aromatic rings. The first kappa shape index (κ1) is 18.7. The summed E-state index contributed by atoms with van der Waals surface area (Å²) in [6.45, 7) is 2.24. The highest BCUT2D eigenvalue weighted by Gasteiger charge is 2.64. The summed E-state index contributed by atoms with van der Waals surface area (Å²) in [7, 11) is 0. The third kappa shape index (κ3) is 3.34. The van der Waals surface area contributed by atoms with Gasteiger partial charge >= 0.3 is 12.1 Å². The third-order valence-corrected chi connectivity index (χ3v) is 3.82. The number of carbonyl (C=O) groups is 1. The molecule has 0 saturated carbocycles. The van der Waals surface area contributed by atoms with Crippen LogP contribution >= 0.6 is 0 Å². The van der Waals surface area contributed by atoms with Crippen LogP contribution in [-0.2, 0) is 11.3 Å². The molecule has 10 heteroatoms. The van der Waals surface area contributed by atoms with E-state index in [-0.39, 0.29) is 11.3 Å². The first-order valence-electron chi connectivity index (χ1n) is 7.82. The fourth-order valence-corrected chi connectivity index (χ4v) is 2.45. The average Bonchev–Trinajstić information content (AvgIpc) is 3.20. The average molecular weight is 384 g/mol. The molecule has 0 bridgehead atoms. The molecule has 0 fully saturated rings. The lowest BCUT2D eigenvalue weighted by Gasteiger charge is -2.19. The molecule has 2 heterocycles. The van der Waals surface area contributed by atoms with Crippen molar-refractivity contribution in [3.05, 3.63) is 53.9 Å². The number of hydrogen-bond acceptors (Lipinski definition) is 3. The quantitative estimate of drug-likeness (QED) is 0.593. The standard InChI is InChI=1S/C17H13F5N4O/c1-2-25-10-11(9-23-25)8-13-14(16(18,19)17(20,21)22)24-26(15(13)27)12-6-4-3-5-7-12/h3-10H,2H2,1H3/b13-8+. The molecule has 1 aromatic heterocycles. The monoisotopic (exact) mass is 384 g/mol. The molecule has 27 heavy (non-hydrogen) atoms. The molecule has 3 rings (SSSR count). The smallest absolute Gasteiger partial charge is 0.272 e. The lowest BCUT2D eigenvalue weighted by molar-refractivity contribution is -0.248. The molecule has 0 atom stereocenters. The van der Waals surface area contributed by atoms with E-state index in [9.17, 15) is 26.7 Å². The second-order valence-electron chi connectivity index (χ2n) is 5.66. The van der Waals surface area contributed by atoms with Crippen molar-refractivity contribution in [3.63, 3.8) is 0 Å². The molecule has 1 aromatic carbocycles. The minimum atomic E-state index is -5.90. The van der Waals surface area contributed by atoms with Gasteiger partial charge in [0.05, 0.1) is 17.5 Å². The van der Waals surface area contributed by atoms with Gasteiger partial charge in [0.1, 0.15) is 0 Å². The van der Waals surface area contributed by atoms with E-state index in [2.05, 4.69) is 10.2 Å². The molecule has 1 amide bonds. The summed E-state index contributed by atoms with van der Waals surface area (Å²) in [5, 5.41) is 7.76. The van der Waals surface area contributed by atoms with Gasteiger partial charge in [-0.2, -0.15) is 37.2 Å². The Labute approximate surface area is 150 Å². The number of hydrazone groups is 1. The van der Waals surface area contributed by atoms with Gasteiger partial charge in [-0.15, -0.1) is 0 Å². The van der Waals surface area contributed by atoms with Crippen LogP contribution in [-0.4, -0.2) is 33.5 Å². The van der Waals surface area contributed by atoms with Crippen LogP contribution in [0.1, 0.15) is 12.5 Å². The van der Waals surface area contributed by atoms with E-state index < -0.39 is 29.3 Å². The van der Waals surface area contributed by atoms with Crippen LogP contribution in [0.2, 0.25) is 0 Å². The zero-order chi connectivity index (χ0) is 19.8. The van der Waals surface area contributed by atoms with Gasteiger partial charge in [-0.1, -0.05) is 18.2 Å². The number of halogens is 5. The number of alkyl halides is 5. The molecule has 0 aliphatic carbocycles. The number of hydrogen-bond donors (Lipinski definition) is 0. The van der Waals surface area contributed by atoms with Gasteiger partial charge in [-0.05, 0) is 25.1 Å². The van der Waals surface area contributed by atoms with Crippen molar-refractivity contribution < 1.29 is 26.7 Å². The topological polar surface area (TPSA) is 50.5 Å². The summed E-state index contributed by atoms with van der Waals surface area (Å²) in [6.07, 6.45) is -2.28. The largest absolute Gasteiger partial charge is 0.459 e. The lowest BCUT2D eigenvalue weighted by atomic mass is 10.0. The second kappa shape index (κ2) is 6.60. The Morgan fingerprint density at radius 3 is 2.33 bits per heavy atom. The minimum absolute atomic E-state index is 0.0747. The Morgan fingerprint density at radius 1 is 1.11 bits per heavy atom. The zero-order valence-electron chi connectivity index (χ0n) is 13.9.